The van der Waals surface area contributed by atoms with Crippen molar-refractivity contribution in [1.29, 1.82) is 0 Å². The van der Waals surface area contributed by atoms with Gasteiger partial charge in [0.15, 0.2) is 5.82 Å². The van der Waals surface area contributed by atoms with E-state index in [-0.39, 0.29) is 0 Å². The first-order chi connectivity index (χ1) is 14.4. The summed E-state index contributed by atoms with van der Waals surface area (Å²) in [6.07, 6.45) is 3.60. The van der Waals surface area contributed by atoms with Crippen LogP contribution in [0.3, 0.4) is 0 Å². The molecule has 0 saturated carbocycles. The van der Waals surface area contributed by atoms with Crippen LogP contribution in [0.4, 0.5) is 5.82 Å². The molecule has 5 heteroatoms. The Morgan fingerprint density at radius 3 is 2.34 bits per heavy atom. The highest BCUT2D eigenvalue weighted by Crippen LogP contribution is 2.28. The predicted molar refractivity (Wildman–Crippen MR) is 117 cm³/mol. The van der Waals surface area contributed by atoms with Crippen LogP contribution in [0.25, 0.3) is 22.3 Å². The molecule has 1 fully saturated rings. The van der Waals surface area contributed by atoms with Gasteiger partial charge in [-0.1, -0.05) is 42.5 Å². The van der Waals surface area contributed by atoms with Crippen molar-refractivity contribution >= 4 is 16.7 Å². The first-order valence-corrected chi connectivity index (χ1v) is 10.1. The third kappa shape index (κ3) is 3.82. The second-order valence-corrected chi connectivity index (χ2v) is 7.38. The zero-order valence-electron chi connectivity index (χ0n) is 16.3. The SMILES string of the molecule is c1ccc(CN2CCN(c3nc(-c4cccnc4)nc4ccccc34)CC2)cc1. The Kier molecular flexibility index (Phi) is 4.88. The Hall–Kier alpha value is -3.31. The number of nitrogens with zero attached hydrogens (tertiary/aromatic N) is 5. The third-order valence-corrected chi connectivity index (χ3v) is 5.42. The van der Waals surface area contributed by atoms with Crippen LogP contribution in [0.15, 0.2) is 79.1 Å². The number of para-hydroxylation sites is 1. The number of fused-ring (bicyclic) bond motifs is 1. The van der Waals surface area contributed by atoms with Gasteiger partial charge in [-0.15, -0.1) is 0 Å². The molecule has 0 amide bonds. The molecule has 0 spiro atoms. The van der Waals surface area contributed by atoms with Gasteiger partial charge in [0.2, 0.25) is 0 Å². The summed E-state index contributed by atoms with van der Waals surface area (Å²) >= 11 is 0. The number of rotatable bonds is 4. The van der Waals surface area contributed by atoms with Crippen molar-refractivity contribution in [3.63, 3.8) is 0 Å². The number of pyridine rings is 1. The molecule has 0 atom stereocenters. The highest BCUT2D eigenvalue weighted by atomic mass is 15.3. The number of aromatic nitrogens is 3. The predicted octanol–water partition coefficient (Wildman–Crippen LogP) is 4.01. The van der Waals surface area contributed by atoms with Crippen molar-refractivity contribution in [2.24, 2.45) is 0 Å². The van der Waals surface area contributed by atoms with Gasteiger partial charge in [0.05, 0.1) is 5.52 Å². The second kappa shape index (κ2) is 7.97. The van der Waals surface area contributed by atoms with E-state index in [0.717, 1.165) is 60.8 Å². The van der Waals surface area contributed by atoms with Gasteiger partial charge in [0, 0.05) is 56.1 Å². The molecule has 2 aromatic heterocycles. The van der Waals surface area contributed by atoms with Gasteiger partial charge in [-0.2, -0.15) is 0 Å². The number of hydrogen-bond donors (Lipinski definition) is 0. The Morgan fingerprint density at radius 2 is 1.55 bits per heavy atom. The molecule has 0 aliphatic carbocycles. The fraction of sp³-hybridized carbons (Fsp3) is 0.208. The van der Waals surface area contributed by atoms with Crippen LogP contribution in [0.5, 0.6) is 0 Å². The third-order valence-electron chi connectivity index (χ3n) is 5.42. The number of benzene rings is 2. The lowest BCUT2D eigenvalue weighted by molar-refractivity contribution is 0.249. The van der Waals surface area contributed by atoms with E-state index in [1.807, 2.05) is 24.4 Å². The van der Waals surface area contributed by atoms with E-state index < -0.39 is 0 Å². The van der Waals surface area contributed by atoms with Crippen LogP contribution in [0, 0.1) is 0 Å². The van der Waals surface area contributed by atoms with Crippen LogP contribution < -0.4 is 4.90 Å². The monoisotopic (exact) mass is 381 g/mol. The molecule has 3 heterocycles. The summed E-state index contributed by atoms with van der Waals surface area (Å²) in [6, 6.07) is 22.9. The van der Waals surface area contributed by atoms with Crippen LogP contribution in [0.1, 0.15) is 5.56 Å². The maximum atomic E-state index is 4.96. The fourth-order valence-electron chi connectivity index (χ4n) is 3.88. The summed E-state index contributed by atoms with van der Waals surface area (Å²) in [4.78, 5) is 18.9. The molecule has 29 heavy (non-hydrogen) atoms. The molecular formula is C24H23N5. The molecule has 5 nitrogen and oxygen atoms in total. The molecule has 1 aliphatic heterocycles. The van der Waals surface area contributed by atoms with Gasteiger partial charge in [-0.25, -0.2) is 9.97 Å². The van der Waals surface area contributed by atoms with E-state index in [4.69, 9.17) is 9.97 Å². The lowest BCUT2D eigenvalue weighted by atomic mass is 10.1. The van der Waals surface area contributed by atoms with Gasteiger partial charge < -0.3 is 4.90 Å². The standard InChI is InChI=1S/C24H23N5/c1-2-7-19(8-3-1)18-28-13-15-29(16-14-28)24-21-10-4-5-11-22(21)26-23(27-24)20-9-6-12-25-17-20/h1-12,17H,13-16,18H2. The maximum Gasteiger partial charge on any atom is 0.163 e. The Balaban J connectivity index is 1.41. The molecule has 0 radical (unpaired) electrons. The number of anilines is 1. The first-order valence-electron chi connectivity index (χ1n) is 10.1. The molecular weight excluding hydrogens is 358 g/mol. The van der Waals surface area contributed by atoms with Crippen molar-refractivity contribution in [2.75, 3.05) is 31.1 Å². The molecule has 1 aliphatic rings. The van der Waals surface area contributed by atoms with E-state index in [0.29, 0.717) is 0 Å². The highest BCUT2D eigenvalue weighted by Gasteiger charge is 2.21. The number of hydrogen-bond acceptors (Lipinski definition) is 5. The highest BCUT2D eigenvalue weighted by molar-refractivity contribution is 5.91. The average molecular weight is 381 g/mol. The lowest BCUT2D eigenvalue weighted by Gasteiger charge is -2.36. The zero-order chi connectivity index (χ0) is 19.5. The van der Waals surface area contributed by atoms with E-state index in [9.17, 15) is 0 Å². The summed E-state index contributed by atoms with van der Waals surface area (Å²) in [6.45, 7) is 4.96. The Bertz CT molecular complexity index is 1090. The summed E-state index contributed by atoms with van der Waals surface area (Å²) in [5.41, 5.74) is 3.29. The largest absolute Gasteiger partial charge is 0.353 e. The molecule has 144 valence electrons. The summed E-state index contributed by atoms with van der Waals surface area (Å²) in [5, 5.41) is 1.11. The minimum absolute atomic E-state index is 0.735. The van der Waals surface area contributed by atoms with Crippen molar-refractivity contribution in [1.82, 2.24) is 19.9 Å². The van der Waals surface area contributed by atoms with E-state index in [1.165, 1.54) is 5.56 Å². The lowest BCUT2D eigenvalue weighted by Crippen LogP contribution is -2.46. The van der Waals surface area contributed by atoms with Crippen molar-refractivity contribution in [3.8, 4) is 11.4 Å². The Labute approximate surface area is 170 Å². The molecule has 0 unspecified atom stereocenters. The Morgan fingerprint density at radius 1 is 0.759 bits per heavy atom. The minimum atomic E-state index is 0.735. The van der Waals surface area contributed by atoms with Crippen LogP contribution in [-0.2, 0) is 6.54 Å². The van der Waals surface area contributed by atoms with Crippen molar-refractivity contribution in [3.05, 3.63) is 84.7 Å². The number of piperazine rings is 1. The van der Waals surface area contributed by atoms with Crippen molar-refractivity contribution in [2.45, 2.75) is 6.54 Å². The average Bonchev–Trinajstić information content (AvgIpc) is 2.80. The van der Waals surface area contributed by atoms with Gasteiger partial charge in [-0.05, 0) is 29.8 Å². The van der Waals surface area contributed by atoms with Gasteiger partial charge >= 0.3 is 0 Å². The summed E-state index contributed by atoms with van der Waals surface area (Å²) in [5.74, 6) is 1.76. The second-order valence-electron chi connectivity index (χ2n) is 7.38. The topological polar surface area (TPSA) is 45.2 Å². The van der Waals surface area contributed by atoms with Gasteiger partial charge in [0.25, 0.3) is 0 Å². The zero-order valence-corrected chi connectivity index (χ0v) is 16.3. The van der Waals surface area contributed by atoms with E-state index in [2.05, 4.69) is 63.3 Å². The summed E-state index contributed by atoms with van der Waals surface area (Å²) < 4.78 is 0. The molecule has 0 N–H and O–H groups in total. The van der Waals surface area contributed by atoms with Gasteiger partial charge in [-0.3, -0.25) is 9.88 Å². The van der Waals surface area contributed by atoms with Crippen LogP contribution in [0.2, 0.25) is 0 Å². The molecule has 1 saturated heterocycles. The smallest absolute Gasteiger partial charge is 0.163 e. The van der Waals surface area contributed by atoms with Crippen LogP contribution in [-0.4, -0.2) is 46.0 Å². The molecule has 2 aromatic carbocycles. The molecule has 4 aromatic rings. The van der Waals surface area contributed by atoms with Crippen LogP contribution >= 0.6 is 0 Å². The first kappa shape index (κ1) is 17.8. The summed E-state index contributed by atoms with van der Waals surface area (Å²) in [7, 11) is 0. The van der Waals surface area contributed by atoms with Gasteiger partial charge in [0.1, 0.15) is 5.82 Å². The van der Waals surface area contributed by atoms with Crippen molar-refractivity contribution < 1.29 is 0 Å². The quantitative estimate of drug-likeness (QED) is 0.534. The maximum absolute atomic E-state index is 4.96. The molecule has 0 bridgehead atoms. The van der Waals surface area contributed by atoms with E-state index in [1.54, 1.807) is 6.20 Å². The van der Waals surface area contributed by atoms with E-state index >= 15 is 0 Å². The normalized spacial score (nSPS) is 15.0. The molecule has 5 rings (SSSR count). The fourth-order valence-corrected chi connectivity index (χ4v) is 3.88. The minimum Gasteiger partial charge on any atom is -0.353 e.